The number of halogens is 1. The van der Waals surface area contributed by atoms with Gasteiger partial charge in [0.15, 0.2) is 0 Å². The van der Waals surface area contributed by atoms with E-state index < -0.39 is 0 Å². The molecule has 0 radical (unpaired) electrons. The van der Waals surface area contributed by atoms with Crippen LogP contribution in [0.5, 0.6) is 0 Å². The van der Waals surface area contributed by atoms with E-state index in [2.05, 4.69) is 10.6 Å². The van der Waals surface area contributed by atoms with Crippen LogP contribution in [0, 0.1) is 5.92 Å². The van der Waals surface area contributed by atoms with Crippen molar-refractivity contribution in [3.8, 4) is 0 Å². The zero-order valence-electron chi connectivity index (χ0n) is 12.7. The molecular weight excluding hydrogens is 312 g/mol. The summed E-state index contributed by atoms with van der Waals surface area (Å²) in [4.78, 5) is 23.8. The van der Waals surface area contributed by atoms with E-state index in [9.17, 15) is 9.59 Å². The van der Waals surface area contributed by atoms with Gasteiger partial charge in [-0.05, 0) is 48.2 Å². The second kappa shape index (κ2) is 6.42. The molecule has 2 N–H and O–H groups in total. The highest BCUT2D eigenvalue weighted by Gasteiger charge is 2.44. The summed E-state index contributed by atoms with van der Waals surface area (Å²) >= 11 is 6.18. The van der Waals surface area contributed by atoms with Crippen LogP contribution in [0.4, 0.5) is 5.69 Å². The first-order valence-corrected chi connectivity index (χ1v) is 7.85. The van der Waals surface area contributed by atoms with Crippen LogP contribution in [-0.4, -0.2) is 18.9 Å². The monoisotopic (exact) mass is 328 g/mol. The quantitative estimate of drug-likeness (QED) is 0.903. The number of nitrogens with one attached hydrogen (secondary N) is 2. The molecule has 0 aliphatic heterocycles. The Balaban J connectivity index is 1.63. The molecular formula is C18H17ClN2O2. The number of anilines is 1. The largest absolute Gasteiger partial charge is 0.355 e. The van der Waals surface area contributed by atoms with Crippen LogP contribution in [0.2, 0.25) is 5.02 Å². The highest BCUT2D eigenvalue weighted by molar-refractivity contribution is 6.31. The average molecular weight is 329 g/mol. The maximum Gasteiger partial charge on any atom is 0.251 e. The van der Waals surface area contributed by atoms with E-state index in [1.54, 1.807) is 31.3 Å². The second-order valence-corrected chi connectivity index (χ2v) is 6.02. The van der Waals surface area contributed by atoms with Crippen LogP contribution >= 0.6 is 11.6 Å². The maximum absolute atomic E-state index is 12.3. The molecule has 1 aliphatic carbocycles. The van der Waals surface area contributed by atoms with Gasteiger partial charge >= 0.3 is 0 Å². The van der Waals surface area contributed by atoms with Gasteiger partial charge in [-0.3, -0.25) is 9.59 Å². The van der Waals surface area contributed by atoms with E-state index in [1.807, 2.05) is 24.3 Å². The fourth-order valence-corrected chi connectivity index (χ4v) is 2.96. The Hall–Kier alpha value is -2.33. The van der Waals surface area contributed by atoms with E-state index >= 15 is 0 Å². The minimum Gasteiger partial charge on any atom is -0.355 e. The van der Waals surface area contributed by atoms with Crippen molar-refractivity contribution in [2.24, 2.45) is 5.92 Å². The summed E-state index contributed by atoms with van der Waals surface area (Å²) in [5, 5.41) is 6.16. The van der Waals surface area contributed by atoms with E-state index in [1.165, 1.54) is 0 Å². The third-order valence-electron chi connectivity index (χ3n) is 4.07. The van der Waals surface area contributed by atoms with Crippen molar-refractivity contribution in [2.75, 3.05) is 12.4 Å². The zero-order chi connectivity index (χ0) is 16.4. The Bertz CT molecular complexity index is 743. The summed E-state index contributed by atoms with van der Waals surface area (Å²) < 4.78 is 0. The number of carbonyl (C=O) groups excluding carboxylic acids is 2. The third-order valence-corrected chi connectivity index (χ3v) is 4.42. The Morgan fingerprint density at radius 3 is 2.43 bits per heavy atom. The summed E-state index contributed by atoms with van der Waals surface area (Å²) in [6, 6.07) is 14.5. The van der Waals surface area contributed by atoms with E-state index in [-0.39, 0.29) is 23.7 Å². The lowest BCUT2D eigenvalue weighted by Gasteiger charge is -2.07. The van der Waals surface area contributed by atoms with Gasteiger partial charge in [-0.1, -0.05) is 29.8 Å². The Kier molecular flexibility index (Phi) is 4.35. The molecule has 1 fully saturated rings. The molecule has 2 unspecified atom stereocenters. The van der Waals surface area contributed by atoms with Crippen molar-refractivity contribution < 1.29 is 9.59 Å². The molecule has 0 saturated heterocycles. The molecule has 23 heavy (non-hydrogen) atoms. The van der Waals surface area contributed by atoms with E-state index in [0.717, 1.165) is 12.0 Å². The molecule has 0 spiro atoms. The Morgan fingerprint density at radius 2 is 1.78 bits per heavy atom. The fourth-order valence-electron chi connectivity index (χ4n) is 2.69. The van der Waals surface area contributed by atoms with E-state index in [4.69, 9.17) is 11.6 Å². The summed E-state index contributed by atoms with van der Waals surface area (Å²) in [6.45, 7) is 0. The van der Waals surface area contributed by atoms with Gasteiger partial charge in [0, 0.05) is 29.2 Å². The second-order valence-electron chi connectivity index (χ2n) is 5.62. The van der Waals surface area contributed by atoms with Crippen molar-refractivity contribution in [2.45, 2.75) is 12.3 Å². The summed E-state index contributed by atoms with van der Waals surface area (Å²) in [6.07, 6.45) is 0.811. The van der Waals surface area contributed by atoms with Crippen LogP contribution in [0.15, 0.2) is 48.5 Å². The lowest BCUT2D eigenvalue weighted by molar-refractivity contribution is -0.117. The van der Waals surface area contributed by atoms with Gasteiger partial charge in [0.25, 0.3) is 5.91 Å². The van der Waals surface area contributed by atoms with Gasteiger partial charge in [0.1, 0.15) is 0 Å². The van der Waals surface area contributed by atoms with Gasteiger partial charge in [-0.2, -0.15) is 0 Å². The predicted octanol–water partition coefficient (Wildman–Crippen LogP) is 3.44. The van der Waals surface area contributed by atoms with Crippen LogP contribution in [0.1, 0.15) is 28.3 Å². The first-order chi connectivity index (χ1) is 11.1. The molecule has 4 nitrogen and oxygen atoms in total. The summed E-state index contributed by atoms with van der Waals surface area (Å²) in [5.74, 6) is -0.0196. The lowest BCUT2D eigenvalue weighted by Crippen LogP contribution is -2.18. The molecule has 0 heterocycles. The molecule has 3 rings (SSSR count). The molecule has 2 amide bonds. The van der Waals surface area contributed by atoms with Gasteiger partial charge in [-0.25, -0.2) is 0 Å². The van der Waals surface area contributed by atoms with Crippen molar-refractivity contribution in [1.29, 1.82) is 0 Å². The first kappa shape index (κ1) is 15.6. The molecule has 2 aromatic carbocycles. The molecule has 2 aromatic rings. The smallest absolute Gasteiger partial charge is 0.251 e. The number of benzene rings is 2. The number of amides is 2. The summed E-state index contributed by atoms with van der Waals surface area (Å²) in [7, 11) is 1.58. The maximum atomic E-state index is 12.3. The van der Waals surface area contributed by atoms with Crippen LogP contribution in [0.3, 0.4) is 0 Å². The number of hydrogen-bond acceptors (Lipinski definition) is 2. The van der Waals surface area contributed by atoms with Gasteiger partial charge < -0.3 is 10.6 Å². The topological polar surface area (TPSA) is 58.2 Å². The van der Waals surface area contributed by atoms with Gasteiger partial charge in [0.05, 0.1) is 0 Å². The van der Waals surface area contributed by atoms with Crippen molar-refractivity contribution >= 4 is 29.1 Å². The summed E-state index contributed by atoms with van der Waals surface area (Å²) in [5.41, 5.74) is 2.28. The molecule has 2 atom stereocenters. The van der Waals surface area contributed by atoms with Crippen LogP contribution < -0.4 is 10.6 Å². The zero-order valence-corrected chi connectivity index (χ0v) is 13.4. The van der Waals surface area contributed by atoms with Crippen LogP contribution in [-0.2, 0) is 4.79 Å². The minimum atomic E-state index is -0.149. The lowest BCUT2D eigenvalue weighted by atomic mass is 10.1. The van der Waals surface area contributed by atoms with Crippen molar-refractivity contribution in [1.82, 2.24) is 5.32 Å². The number of rotatable bonds is 4. The van der Waals surface area contributed by atoms with Crippen LogP contribution in [0.25, 0.3) is 0 Å². The number of carbonyl (C=O) groups is 2. The molecule has 5 heteroatoms. The highest BCUT2D eigenvalue weighted by atomic mass is 35.5. The standard InChI is InChI=1S/C18H17ClN2O2/c1-20-17(22)11-6-8-12(9-7-11)21-18(23)15-10-14(15)13-4-2-3-5-16(13)19/h2-9,14-15H,10H2,1H3,(H,20,22)(H,21,23). The molecule has 118 valence electrons. The van der Waals surface area contributed by atoms with Gasteiger partial charge in [-0.15, -0.1) is 0 Å². The first-order valence-electron chi connectivity index (χ1n) is 7.47. The molecule has 1 saturated carbocycles. The normalized spacial score (nSPS) is 19.0. The van der Waals surface area contributed by atoms with Crippen molar-refractivity contribution in [3.63, 3.8) is 0 Å². The minimum absolute atomic E-state index is 0.0115. The fraction of sp³-hybridized carbons (Fsp3) is 0.222. The average Bonchev–Trinajstić information content (AvgIpc) is 3.36. The molecule has 0 aromatic heterocycles. The van der Waals surface area contributed by atoms with E-state index in [0.29, 0.717) is 16.3 Å². The Labute approximate surface area is 139 Å². The third kappa shape index (κ3) is 3.37. The highest BCUT2D eigenvalue weighted by Crippen LogP contribution is 2.49. The predicted molar refractivity (Wildman–Crippen MR) is 90.8 cm³/mol. The van der Waals surface area contributed by atoms with Crippen molar-refractivity contribution in [3.05, 3.63) is 64.7 Å². The van der Waals surface area contributed by atoms with Gasteiger partial charge in [0.2, 0.25) is 5.91 Å². The number of hydrogen-bond donors (Lipinski definition) is 2. The SMILES string of the molecule is CNC(=O)c1ccc(NC(=O)C2CC2c2ccccc2Cl)cc1. The Morgan fingerprint density at radius 1 is 1.09 bits per heavy atom. The molecule has 1 aliphatic rings. The molecule has 0 bridgehead atoms.